The number of rotatable bonds is 0. The number of hydrogen-bond donors (Lipinski definition) is 2. The standard InChI is InChI=1S/C16H14FN5O2.C3H8/c17-11-1-2-13-10(7-11)8-19-14-3-5-22-15(21-14)12(9-20-22)16(23)18-4-6-24-13;1-3-2/h1-3,5,7,9H,4,6,8H2,(H,18,23)(H,19,21);3H2,1-2H3. The zero-order chi connectivity index (χ0) is 19.2. The van der Waals surface area contributed by atoms with E-state index in [0.29, 0.717) is 41.4 Å². The van der Waals surface area contributed by atoms with Crippen LogP contribution in [0.15, 0.2) is 36.7 Å². The van der Waals surface area contributed by atoms with Gasteiger partial charge in [0.2, 0.25) is 0 Å². The summed E-state index contributed by atoms with van der Waals surface area (Å²) in [4.78, 5) is 16.7. The minimum atomic E-state index is -0.335. The molecule has 0 radical (unpaired) electrons. The lowest BCUT2D eigenvalue weighted by Gasteiger charge is -2.12. The summed E-state index contributed by atoms with van der Waals surface area (Å²) in [6, 6.07) is 6.08. The fourth-order valence-corrected chi connectivity index (χ4v) is 2.56. The number of halogens is 1. The molecule has 1 amide bonds. The lowest BCUT2D eigenvalue weighted by molar-refractivity contribution is 0.0948. The summed E-state index contributed by atoms with van der Waals surface area (Å²) in [6.07, 6.45) is 4.44. The minimum absolute atomic E-state index is 0.267. The van der Waals surface area contributed by atoms with Crippen molar-refractivity contribution in [1.29, 1.82) is 0 Å². The second kappa shape index (κ2) is 8.48. The van der Waals surface area contributed by atoms with Gasteiger partial charge in [0, 0.05) is 18.3 Å². The quantitative estimate of drug-likeness (QED) is 0.635. The molecule has 2 aromatic heterocycles. The Balaban J connectivity index is 0.000000659. The molecule has 3 heterocycles. The molecule has 27 heavy (non-hydrogen) atoms. The third kappa shape index (κ3) is 4.33. The van der Waals surface area contributed by atoms with Crippen LogP contribution in [0.5, 0.6) is 5.75 Å². The number of benzene rings is 1. The molecule has 0 unspecified atom stereocenters. The van der Waals surface area contributed by atoms with Crippen molar-refractivity contribution in [2.45, 2.75) is 26.8 Å². The average molecular weight is 371 g/mol. The summed E-state index contributed by atoms with van der Waals surface area (Å²) in [7, 11) is 0. The molecule has 2 bridgehead atoms. The highest BCUT2D eigenvalue weighted by Gasteiger charge is 2.15. The van der Waals surface area contributed by atoms with Crippen LogP contribution in [0.1, 0.15) is 36.2 Å². The molecule has 4 rings (SSSR count). The van der Waals surface area contributed by atoms with Crippen LogP contribution in [0.3, 0.4) is 0 Å². The minimum Gasteiger partial charge on any atom is -0.491 e. The van der Waals surface area contributed by atoms with E-state index in [0.717, 1.165) is 0 Å². The van der Waals surface area contributed by atoms with Crippen molar-refractivity contribution in [3.05, 3.63) is 53.6 Å². The molecule has 8 heteroatoms. The molecular weight excluding hydrogens is 349 g/mol. The number of carbonyl (C=O) groups is 1. The van der Waals surface area contributed by atoms with Gasteiger partial charge in [-0.3, -0.25) is 4.79 Å². The Hall–Kier alpha value is -3.16. The van der Waals surface area contributed by atoms with Crippen LogP contribution >= 0.6 is 0 Å². The number of hydrogen-bond acceptors (Lipinski definition) is 5. The molecule has 0 aliphatic carbocycles. The first-order valence-corrected chi connectivity index (χ1v) is 8.90. The van der Waals surface area contributed by atoms with Crippen molar-refractivity contribution in [1.82, 2.24) is 19.9 Å². The van der Waals surface area contributed by atoms with Gasteiger partial charge in [-0.25, -0.2) is 13.9 Å². The largest absolute Gasteiger partial charge is 0.491 e. The van der Waals surface area contributed by atoms with E-state index in [2.05, 4.69) is 34.6 Å². The van der Waals surface area contributed by atoms with Crippen LogP contribution in [0.4, 0.5) is 10.2 Å². The van der Waals surface area contributed by atoms with Gasteiger partial charge >= 0.3 is 0 Å². The smallest absolute Gasteiger partial charge is 0.256 e. The van der Waals surface area contributed by atoms with Gasteiger partial charge in [0.25, 0.3) is 5.91 Å². The van der Waals surface area contributed by atoms with Crippen LogP contribution in [-0.4, -0.2) is 33.7 Å². The molecule has 1 aromatic carbocycles. The van der Waals surface area contributed by atoms with E-state index in [1.807, 2.05) is 0 Å². The SMILES string of the molecule is CCC.O=C1NCCOc2ccc(F)cc2CNc2ccn3ncc1c3n2. The van der Waals surface area contributed by atoms with Gasteiger partial charge in [0.1, 0.15) is 29.6 Å². The predicted octanol–water partition coefficient (Wildman–Crippen LogP) is 3.02. The lowest BCUT2D eigenvalue weighted by atomic mass is 10.2. The zero-order valence-electron chi connectivity index (χ0n) is 15.3. The average Bonchev–Trinajstić information content (AvgIpc) is 3.08. The molecule has 0 atom stereocenters. The first-order valence-electron chi connectivity index (χ1n) is 8.90. The van der Waals surface area contributed by atoms with Crippen molar-refractivity contribution in [3.63, 3.8) is 0 Å². The third-order valence-corrected chi connectivity index (χ3v) is 3.74. The number of amides is 1. The first kappa shape index (κ1) is 18.6. The second-order valence-corrected chi connectivity index (χ2v) is 6.06. The van der Waals surface area contributed by atoms with Crippen molar-refractivity contribution in [2.75, 3.05) is 18.5 Å². The van der Waals surface area contributed by atoms with E-state index in [1.165, 1.54) is 29.3 Å². The topological polar surface area (TPSA) is 80.5 Å². The molecular formula is C19H22FN5O2. The molecule has 0 spiro atoms. The number of fused-ring (bicyclic) bond motifs is 2. The summed E-state index contributed by atoms with van der Waals surface area (Å²) >= 11 is 0. The molecule has 1 aliphatic heterocycles. The fraction of sp³-hybridized carbons (Fsp3) is 0.316. The highest BCUT2D eigenvalue weighted by atomic mass is 19.1. The van der Waals surface area contributed by atoms with Crippen molar-refractivity contribution in [2.24, 2.45) is 0 Å². The number of nitrogens with zero attached hydrogens (tertiary/aromatic N) is 3. The van der Waals surface area contributed by atoms with Gasteiger partial charge in [-0.15, -0.1) is 0 Å². The maximum absolute atomic E-state index is 13.5. The Labute approximate surface area is 156 Å². The van der Waals surface area contributed by atoms with Gasteiger partial charge in [0.15, 0.2) is 5.65 Å². The van der Waals surface area contributed by atoms with E-state index in [-0.39, 0.29) is 18.3 Å². The van der Waals surface area contributed by atoms with Gasteiger partial charge in [-0.05, 0) is 24.3 Å². The fourth-order valence-electron chi connectivity index (χ4n) is 2.56. The third-order valence-electron chi connectivity index (χ3n) is 3.74. The first-order chi connectivity index (χ1) is 13.1. The molecule has 0 saturated heterocycles. The van der Waals surface area contributed by atoms with E-state index in [4.69, 9.17) is 4.74 Å². The number of ether oxygens (including phenoxy) is 1. The lowest BCUT2D eigenvalue weighted by Crippen LogP contribution is -2.28. The Morgan fingerprint density at radius 1 is 1.26 bits per heavy atom. The molecule has 2 N–H and O–H groups in total. The molecule has 0 saturated carbocycles. The Kier molecular flexibility index (Phi) is 5.85. The van der Waals surface area contributed by atoms with E-state index < -0.39 is 0 Å². The highest BCUT2D eigenvalue weighted by Crippen LogP contribution is 2.21. The normalized spacial score (nSPS) is 13.7. The van der Waals surface area contributed by atoms with E-state index >= 15 is 0 Å². The summed E-state index contributed by atoms with van der Waals surface area (Å²) < 4.78 is 20.7. The number of anilines is 1. The molecule has 142 valence electrons. The Morgan fingerprint density at radius 3 is 2.89 bits per heavy atom. The Bertz CT molecular complexity index is 941. The van der Waals surface area contributed by atoms with Crippen molar-refractivity contribution < 1.29 is 13.9 Å². The molecule has 3 aromatic rings. The van der Waals surface area contributed by atoms with Crippen LogP contribution in [0.2, 0.25) is 0 Å². The molecule has 0 fully saturated rings. The summed E-state index contributed by atoms with van der Waals surface area (Å²) in [5, 5.41) is 10.0. The predicted molar refractivity (Wildman–Crippen MR) is 101 cm³/mol. The van der Waals surface area contributed by atoms with Gasteiger partial charge in [-0.1, -0.05) is 20.3 Å². The number of nitrogens with one attached hydrogen (secondary N) is 2. The monoisotopic (exact) mass is 371 g/mol. The zero-order valence-corrected chi connectivity index (χ0v) is 15.3. The van der Waals surface area contributed by atoms with Gasteiger partial charge in [-0.2, -0.15) is 5.10 Å². The van der Waals surface area contributed by atoms with E-state index in [9.17, 15) is 9.18 Å². The van der Waals surface area contributed by atoms with Crippen molar-refractivity contribution >= 4 is 17.4 Å². The van der Waals surface area contributed by atoms with Gasteiger partial charge in [0.05, 0.1) is 12.7 Å². The second-order valence-electron chi connectivity index (χ2n) is 6.06. The van der Waals surface area contributed by atoms with Crippen molar-refractivity contribution in [3.8, 4) is 5.75 Å². The van der Waals surface area contributed by atoms with Crippen LogP contribution in [0, 0.1) is 5.82 Å². The van der Waals surface area contributed by atoms with Crippen LogP contribution < -0.4 is 15.4 Å². The summed E-state index contributed by atoms with van der Waals surface area (Å²) in [6.45, 7) is 5.20. The summed E-state index contributed by atoms with van der Waals surface area (Å²) in [5.74, 6) is 0.531. The van der Waals surface area contributed by atoms with E-state index in [1.54, 1.807) is 18.3 Å². The Morgan fingerprint density at radius 2 is 2.07 bits per heavy atom. The van der Waals surface area contributed by atoms with Crippen LogP contribution in [-0.2, 0) is 6.54 Å². The maximum Gasteiger partial charge on any atom is 0.256 e. The maximum atomic E-state index is 13.5. The van der Waals surface area contributed by atoms with Crippen LogP contribution in [0.25, 0.3) is 5.65 Å². The van der Waals surface area contributed by atoms with Gasteiger partial charge < -0.3 is 15.4 Å². The molecule has 7 nitrogen and oxygen atoms in total. The number of carbonyl (C=O) groups excluding carboxylic acids is 1. The highest BCUT2D eigenvalue weighted by molar-refractivity contribution is 5.99. The molecule has 1 aliphatic rings. The summed E-state index contributed by atoms with van der Waals surface area (Å²) in [5.41, 5.74) is 1.52. The number of aromatic nitrogens is 3.